The number of nitrogens with one attached hydrogen (secondary N) is 1. The maximum Gasteiger partial charge on any atom is 0.422 e. The lowest BCUT2D eigenvalue weighted by atomic mass is 10.1. The summed E-state index contributed by atoms with van der Waals surface area (Å²) in [6, 6.07) is 4.59. The lowest BCUT2D eigenvalue weighted by Crippen LogP contribution is -2.45. The van der Waals surface area contributed by atoms with Crippen LogP contribution in [-0.2, 0) is 17.5 Å². The molecule has 0 aliphatic carbocycles. The Morgan fingerprint density at radius 3 is 2.22 bits per heavy atom. The largest absolute Gasteiger partial charge is 0.443 e. The van der Waals surface area contributed by atoms with Gasteiger partial charge in [0.05, 0.1) is 12.2 Å². The Kier molecular flexibility index (Phi) is 6.40. The van der Waals surface area contributed by atoms with Crippen molar-refractivity contribution in [2.75, 3.05) is 13.2 Å². The van der Waals surface area contributed by atoms with Crippen LogP contribution in [0.2, 0.25) is 0 Å². The van der Waals surface area contributed by atoms with Crippen molar-refractivity contribution in [3.63, 3.8) is 0 Å². The Labute approximate surface area is 133 Å². The summed E-state index contributed by atoms with van der Waals surface area (Å²) in [5.74, 6) is 0. The number of nitrogens with zero attached hydrogens (tertiary/aromatic N) is 1. The zero-order chi connectivity index (χ0) is 17.7. The van der Waals surface area contributed by atoms with E-state index >= 15 is 0 Å². The molecule has 0 atom stereocenters. The number of aliphatic hydroxyl groups is 1. The van der Waals surface area contributed by atoms with Crippen LogP contribution < -0.4 is 5.43 Å². The zero-order valence-corrected chi connectivity index (χ0v) is 13.3. The van der Waals surface area contributed by atoms with Gasteiger partial charge >= 0.3 is 12.3 Å². The first-order valence-corrected chi connectivity index (χ1v) is 7.03. The number of halogens is 3. The SMILES string of the molecule is CC(C)(C)OC(=O)NN(CCO)Cc1ccc(C(F)(F)F)cc1. The van der Waals surface area contributed by atoms with Crippen molar-refractivity contribution >= 4 is 6.09 Å². The molecule has 1 rings (SSSR count). The summed E-state index contributed by atoms with van der Waals surface area (Å²) in [6.45, 7) is 5.14. The fraction of sp³-hybridized carbons (Fsp3) is 0.533. The second-order valence-corrected chi connectivity index (χ2v) is 5.95. The number of hydrazine groups is 1. The van der Waals surface area contributed by atoms with Crippen LogP contribution >= 0.6 is 0 Å². The van der Waals surface area contributed by atoms with Crippen molar-refractivity contribution in [3.05, 3.63) is 35.4 Å². The standard InChI is InChI=1S/C15H21F3N2O3/c1-14(2,3)23-13(22)19-20(8-9-21)10-11-4-6-12(7-5-11)15(16,17)18/h4-7,21H,8-10H2,1-3H3,(H,19,22). The Morgan fingerprint density at radius 2 is 1.78 bits per heavy atom. The van der Waals surface area contributed by atoms with Crippen LogP contribution in [0.5, 0.6) is 0 Å². The normalized spacial score (nSPS) is 12.3. The summed E-state index contributed by atoms with van der Waals surface area (Å²) in [5, 5.41) is 10.4. The number of alkyl halides is 3. The highest BCUT2D eigenvalue weighted by molar-refractivity contribution is 5.67. The number of ether oxygens (including phenoxy) is 1. The number of benzene rings is 1. The van der Waals surface area contributed by atoms with Crippen molar-refractivity contribution in [1.82, 2.24) is 10.4 Å². The van der Waals surface area contributed by atoms with Crippen molar-refractivity contribution in [1.29, 1.82) is 0 Å². The molecule has 130 valence electrons. The average molecular weight is 334 g/mol. The van der Waals surface area contributed by atoms with Crippen molar-refractivity contribution < 1.29 is 27.8 Å². The van der Waals surface area contributed by atoms with E-state index in [-0.39, 0.29) is 19.7 Å². The molecular weight excluding hydrogens is 313 g/mol. The molecule has 8 heteroatoms. The van der Waals surface area contributed by atoms with Crippen LogP contribution in [-0.4, -0.2) is 35.0 Å². The van der Waals surface area contributed by atoms with E-state index in [1.807, 2.05) is 0 Å². The molecule has 0 saturated heterocycles. The Morgan fingerprint density at radius 1 is 1.22 bits per heavy atom. The van der Waals surface area contributed by atoms with E-state index in [0.717, 1.165) is 12.1 Å². The van der Waals surface area contributed by atoms with E-state index in [1.165, 1.54) is 17.1 Å². The number of hydrogen-bond acceptors (Lipinski definition) is 4. The molecule has 0 spiro atoms. The maximum atomic E-state index is 12.5. The molecule has 0 bridgehead atoms. The van der Waals surface area contributed by atoms with Gasteiger partial charge in [-0.1, -0.05) is 12.1 Å². The minimum absolute atomic E-state index is 0.111. The summed E-state index contributed by atoms with van der Waals surface area (Å²) in [7, 11) is 0. The van der Waals surface area contributed by atoms with E-state index in [0.29, 0.717) is 5.56 Å². The van der Waals surface area contributed by atoms with E-state index in [4.69, 9.17) is 9.84 Å². The molecule has 2 N–H and O–H groups in total. The van der Waals surface area contributed by atoms with Crippen LogP contribution in [0.4, 0.5) is 18.0 Å². The number of aliphatic hydroxyl groups excluding tert-OH is 1. The fourth-order valence-electron chi connectivity index (χ4n) is 1.74. The third-order valence-corrected chi connectivity index (χ3v) is 2.67. The molecule has 1 aromatic carbocycles. The molecule has 0 heterocycles. The average Bonchev–Trinajstić information content (AvgIpc) is 2.36. The number of carbonyl (C=O) groups excluding carboxylic acids is 1. The molecule has 1 aromatic rings. The van der Waals surface area contributed by atoms with E-state index < -0.39 is 23.4 Å². The van der Waals surface area contributed by atoms with Crippen LogP contribution in [0.3, 0.4) is 0 Å². The summed E-state index contributed by atoms with van der Waals surface area (Å²) in [5.41, 5.74) is 1.60. The Hall–Kier alpha value is -1.80. The highest BCUT2D eigenvalue weighted by Crippen LogP contribution is 2.29. The van der Waals surface area contributed by atoms with Crippen LogP contribution in [0.1, 0.15) is 31.9 Å². The van der Waals surface area contributed by atoms with Crippen LogP contribution in [0, 0.1) is 0 Å². The van der Waals surface area contributed by atoms with E-state index in [2.05, 4.69) is 5.43 Å². The van der Waals surface area contributed by atoms with Gasteiger partial charge in [0.25, 0.3) is 0 Å². The molecule has 0 fully saturated rings. The third-order valence-electron chi connectivity index (χ3n) is 2.67. The number of rotatable bonds is 5. The molecule has 0 unspecified atom stereocenters. The minimum atomic E-state index is -4.39. The van der Waals surface area contributed by atoms with Gasteiger partial charge in [-0.3, -0.25) is 5.43 Å². The van der Waals surface area contributed by atoms with Crippen molar-refractivity contribution in [2.24, 2.45) is 0 Å². The summed E-state index contributed by atoms with van der Waals surface area (Å²) < 4.78 is 42.6. The zero-order valence-electron chi connectivity index (χ0n) is 13.3. The molecule has 0 radical (unpaired) electrons. The predicted octanol–water partition coefficient (Wildman–Crippen LogP) is 2.94. The molecule has 0 aliphatic rings. The molecule has 1 amide bonds. The van der Waals surface area contributed by atoms with Crippen molar-refractivity contribution in [3.8, 4) is 0 Å². The van der Waals surface area contributed by atoms with Gasteiger partial charge in [-0.05, 0) is 38.5 Å². The third kappa shape index (κ3) is 7.34. The lowest BCUT2D eigenvalue weighted by molar-refractivity contribution is -0.137. The Balaban J connectivity index is 2.70. The molecule has 0 aromatic heterocycles. The minimum Gasteiger partial charge on any atom is -0.443 e. The highest BCUT2D eigenvalue weighted by Gasteiger charge is 2.30. The molecule has 5 nitrogen and oxygen atoms in total. The van der Waals surface area contributed by atoms with Gasteiger partial charge in [0.15, 0.2) is 0 Å². The van der Waals surface area contributed by atoms with Gasteiger partial charge < -0.3 is 9.84 Å². The summed E-state index contributed by atoms with van der Waals surface area (Å²) in [6.07, 6.45) is -5.09. The van der Waals surface area contributed by atoms with Crippen molar-refractivity contribution in [2.45, 2.75) is 39.1 Å². The van der Waals surface area contributed by atoms with E-state index in [9.17, 15) is 18.0 Å². The van der Waals surface area contributed by atoms with E-state index in [1.54, 1.807) is 20.8 Å². The smallest absolute Gasteiger partial charge is 0.422 e. The van der Waals surface area contributed by atoms with Gasteiger partial charge in [-0.25, -0.2) is 9.80 Å². The predicted molar refractivity (Wildman–Crippen MR) is 78.3 cm³/mol. The molecular formula is C15H21F3N2O3. The first-order chi connectivity index (χ1) is 10.5. The number of carbonyl (C=O) groups is 1. The quantitative estimate of drug-likeness (QED) is 0.813. The van der Waals surface area contributed by atoms with Gasteiger partial charge in [0, 0.05) is 13.1 Å². The second-order valence-electron chi connectivity index (χ2n) is 5.95. The molecule has 0 aliphatic heterocycles. The first kappa shape index (κ1) is 19.2. The topological polar surface area (TPSA) is 61.8 Å². The monoisotopic (exact) mass is 334 g/mol. The van der Waals surface area contributed by atoms with Crippen LogP contribution in [0.25, 0.3) is 0 Å². The molecule has 0 saturated carbocycles. The van der Waals surface area contributed by atoms with Crippen LogP contribution in [0.15, 0.2) is 24.3 Å². The first-order valence-electron chi connectivity index (χ1n) is 7.03. The summed E-state index contributed by atoms with van der Waals surface area (Å²) in [4.78, 5) is 11.7. The maximum absolute atomic E-state index is 12.5. The highest BCUT2D eigenvalue weighted by atomic mass is 19.4. The number of hydrogen-bond donors (Lipinski definition) is 2. The van der Waals surface area contributed by atoms with Gasteiger partial charge in [-0.15, -0.1) is 0 Å². The van der Waals surface area contributed by atoms with Gasteiger partial charge in [-0.2, -0.15) is 13.2 Å². The summed E-state index contributed by atoms with van der Waals surface area (Å²) >= 11 is 0. The molecule has 23 heavy (non-hydrogen) atoms. The Bertz CT molecular complexity index is 510. The lowest BCUT2D eigenvalue weighted by Gasteiger charge is -2.25. The van der Waals surface area contributed by atoms with Gasteiger partial charge in [0.2, 0.25) is 0 Å². The van der Waals surface area contributed by atoms with Gasteiger partial charge in [0.1, 0.15) is 5.60 Å². The fourth-order valence-corrected chi connectivity index (χ4v) is 1.74. The second kappa shape index (κ2) is 7.65. The number of amides is 1.